The van der Waals surface area contributed by atoms with Gasteiger partial charge in [-0.2, -0.15) is 0 Å². The van der Waals surface area contributed by atoms with Crippen LogP contribution in [0.4, 0.5) is 0 Å². The SMILES string of the molecule is C[C@H]1CC[C@H](COCCOCCOCCOCCOCCO)CC1. The highest BCUT2D eigenvalue weighted by atomic mass is 16.6. The first-order valence-electron chi connectivity index (χ1n) is 9.32. The van der Waals surface area contributed by atoms with E-state index in [0.29, 0.717) is 59.5 Å². The maximum Gasteiger partial charge on any atom is 0.0701 e. The minimum atomic E-state index is 0.0496. The van der Waals surface area contributed by atoms with Gasteiger partial charge in [-0.05, 0) is 24.7 Å². The van der Waals surface area contributed by atoms with E-state index in [1.54, 1.807) is 0 Å². The van der Waals surface area contributed by atoms with Gasteiger partial charge in [0.05, 0.1) is 66.1 Å². The number of hydrogen-bond acceptors (Lipinski definition) is 6. The van der Waals surface area contributed by atoms with Crippen molar-refractivity contribution in [3.63, 3.8) is 0 Å². The molecule has 1 aliphatic rings. The van der Waals surface area contributed by atoms with Crippen LogP contribution in [0.1, 0.15) is 32.6 Å². The molecule has 1 rings (SSSR count). The molecule has 0 aromatic heterocycles. The molecule has 0 aromatic rings. The van der Waals surface area contributed by atoms with E-state index in [1.807, 2.05) is 0 Å². The lowest BCUT2D eigenvalue weighted by Gasteiger charge is -2.25. The first kappa shape index (κ1) is 21.8. The molecule has 0 saturated heterocycles. The van der Waals surface area contributed by atoms with Gasteiger partial charge in [-0.1, -0.05) is 19.8 Å². The van der Waals surface area contributed by atoms with Gasteiger partial charge in [-0.15, -0.1) is 0 Å². The summed E-state index contributed by atoms with van der Waals surface area (Å²) >= 11 is 0. The van der Waals surface area contributed by atoms with Crippen LogP contribution >= 0.6 is 0 Å². The zero-order valence-corrected chi connectivity index (χ0v) is 15.2. The van der Waals surface area contributed by atoms with Gasteiger partial charge in [-0.3, -0.25) is 0 Å². The Morgan fingerprint density at radius 3 is 1.50 bits per heavy atom. The maximum absolute atomic E-state index is 8.52. The van der Waals surface area contributed by atoms with E-state index in [4.69, 9.17) is 28.8 Å². The topological polar surface area (TPSA) is 66.4 Å². The van der Waals surface area contributed by atoms with Crippen LogP contribution in [0.5, 0.6) is 0 Å². The lowest BCUT2D eigenvalue weighted by molar-refractivity contribution is -0.0167. The Balaban J connectivity index is 1.69. The van der Waals surface area contributed by atoms with E-state index in [-0.39, 0.29) is 6.61 Å². The van der Waals surface area contributed by atoms with Crippen LogP contribution in [0.3, 0.4) is 0 Å². The first-order valence-corrected chi connectivity index (χ1v) is 9.32. The van der Waals surface area contributed by atoms with E-state index in [2.05, 4.69) is 6.92 Å². The highest BCUT2D eigenvalue weighted by Crippen LogP contribution is 2.28. The van der Waals surface area contributed by atoms with Crippen molar-refractivity contribution in [2.75, 3.05) is 72.7 Å². The second kappa shape index (κ2) is 16.2. The molecule has 0 radical (unpaired) electrons. The van der Waals surface area contributed by atoms with Crippen molar-refractivity contribution < 1.29 is 28.8 Å². The molecule has 0 amide bonds. The van der Waals surface area contributed by atoms with Crippen LogP contribution < -0.4 is 0 Å². The van der Waals surface area contributed by atoms with Gasteiger partial charge < -0.3 is 28.8 Å². The summed E-state index contributed by atoms with van der Waals surface area (Å²) in [4.78, 5) is 0. The molecule has 24 heavy (non-hydrogen) atoms. The number of hydrogen-bond donors (Lipinski definition) is 1. The van der Waals surface area contributed by atoms with Crippen molar-refractivity contribution in [1.82, 2.24) is 0 Å². The van der Waals surface area contributed by atoms with Gasteiger partial charge in [0.15, 0.2) is 0 Å². The largest absolute Gasteiger partial charge is 0.394 e. The zero-order chi connectivity index (χ0) is 17.3. The molecule has 1 fully saturated rings. The van der Waals surface area contributed by atoms with Gasteiger partial charge >= 0.3 is 0 Å². The third-order valence-corrected chi connectivity index (χ3v) is 4.21. The van der Waals surface area contributed by atoms with Crippen LogP contribution in [0, 0.1) is 11.8 Å². The summed E-state index contributed by atoms with van der Waals surface area (Å²) in [5.74, 6) is 1.65. The Morgan fingerprint density at radius 1 is 0.625 bits per heavy atom. The molecule has 1 aliphatic carbocycles. The third-order valence-electron chi connectivity index (χ3n) is 4.21. The van der Waals surface area contributed by atoms with Crippen molar-refractivity contribution in [3.8, 4) is 0 Å². The summed E-state index contributed by atoms with van der Waals surface area (Å²) in [5, 5.41) is 8.52. The highest BCUT2D eigenvalue weighted by molar-refractivity contribution is 4.69. The molecule has 0 bridgehead atoms. The fourth-order valence-electron chi connectivity index (χ4n) is 2.69. The minimum absolute atomic E-state index is 0.0496. The molecule has 6 heteroatoms. The Labute approximate surface area is 146 Å². The monoisotopic (exact) mass is 348 g/mol. The molecule has 0 aliphatic heterocycles. The maximum atomic E-state index is 8.52. The van der Waals surface area contributed by atoms with Gasteiger partial charge in [0.25, 0.3) is 0 Å². The summed E-state index contributed by atoms with van der Waals surface area (Å²) < 4.78 is 27.0. The van der Waals surface area contributed by atoms with Crippen LogP contribution in [-0.4, -0.2) is 77.8 Å². The van der Waals surface area contributed by atoms with E-state index in [0.717, 1.165) is 18.4 Å². The van der Waals surface area contributed by atoms with Gasteiger partial charge in [0, 0.05) is 6.61 Å². The summed E-state index contributed by atoms with van der Waals surface area (Å²) in [6.45, 7) is 8.22. The molecule has 0 aromatic carbocycles. The second-order valence-electron chi connectivity index (χ2n) is 6.37. The van der Waals surface area contributed by atoms with E-state index >= 15 is 0 Å². The van der Waals surface area contributed by atoms with Crippen molar-refractivity contribution >= 4 is 0 Å². The van der Waals surface area contributed by atoms with Crippen molar-refractivity contribution in [1.29, 1.82) is 0 Å². The average Bonchev–Trinajstić information content (AvgIpc) is 2.60. The van der Waals surface area contributed by atoms with Gasteiger partial charge in [0.1, 0.15) is 0 Å². The minimum Gasteiger partial charge on any atom is -0.394 e. The van der Waals surface area contributed by atoms with Gasteiger partial charge in [0.2, 0.25) is 0 Å². The van der Waals surface area contributed by atoms with Crippen LogP contribution in [0.15, 0.2) is 0 Å². The summed E-state index contributed by atoms with van der Waals surface area (Å²) in [5.41, 5.74) is 0. The van der Waals surface area contributed by atoms with Crippen LogP contribution in [0.2, 0.25) is 0 Å². The number of ether oxygens (including phenoxy) is 5. The van der Waals surface area contributed by atoms with Crippen molar-refractivity contribution in [2.45, 2.75) is 32.6 Å². The number of aliphatic hydroxyl groups is 1. The standard InChI is InChI=1S/C18H36O6/c1-17-2-4-18(5-3-17)16-24-15-14-23-13-12-22-11-10-21-9-8-20-7-6-19/h17-19H,2-16H2,1H3/t17-,18-. The zero-order valence-electron chi connectivity index (χ0n) is 15.2. The number of rotatable bonds is 16. The smallest absolute Gasteiger partial charge is 0.0701 e. The van der Waals surface area contributed by atoms with Crippen molar-refractivity contribution in [3.05, 3.63) is 0 Å². The fourth-order valence-corrected chi connectivity index (χ4v) is 2.69. The highest BCUT2D eigenvalue weighted by Gasteiger charge is 2.17. The first-order chi connectivity index (χ1) is 11.8. The van der Waals surface area contributed by atoms with Crippen LogP contribution in [-0.2, 0) is 23.7 Å². The molecule has 6 nitrogen and oxygen atoms in total. The average molecular weight is 348 g/mol. The predicted octanol–water partition coefficient (Wildman–Crippen LogP) is 1.89. The molecule has 0 atom stereocenters. The molecule has 0 unspecified atom stereocenters. The second-order valence-corrected chi connectivity index (χ2v) is 6.37. The lowest BCUT2D eigenvalue weighted by Crippen LogP contribution is -2.19. The molecular formula is C18H36O6. The Morgan fingerprint density at radius 2 is 1.04 bits per heavy atom. The normalized spacial score (nSPS) is 21.2. The van der Waals surface area contributed by atoms with E-state index in [9.17, 15) is 0 Å². The van der Waals surface area contributed by atoms with Gasteiger partial charge in [-0.25, -0.2) is 0 Å². The molecule has 144 valence electrons. The summed E-state index contributed by atoms with van der Waals surface area (Å²) in [6.07, 6.45) is 5.32. The van der Waals surface area contributed by atoms with Crippen LogP contribution in [0.25, 0.3) is 0 Å². The van der Waals surface area contributed by atoms with E-state index < -0.39 is 0 Å². The van der Waals surface area contributed by atoms with E-state index in [1.165, 1.54) is 25.7 Å². The molecular weight excluding hydrogens is 312 g/mol. The van der Waals surface area contributed by atoms with Crippen molar-refractivity contribution in [2.24, 2.45) is 11.8 Å². The molecule has 1 saturated carbocycles. The fraction of sp³-hybridized carbons (Fsp3) is 1.00. The third kappa shape index (κ3) is 13.1. The predicted molar refractivity (Wildman–Crippen MR) is 92.3 cm³/mol. The lowest BCUT2D eigenvalue weighted by atomic mass is 9.83. The summed E-state index contributed by atoms with van der Waals surface area (Å²) in [6, 6.07) is 0. The Kier molecular flexibility index (Phi) is 14.8. The molecule has 1 N–H and O–H groups in total. The number of aliphatic hydroxyl groups excluding tert-OH is 1. The Bertz CT molecular complexity index is 256. The molecule has 0 spiro atoms. The Hall–Kier alpha value is -0.240. The quantitative estimate of drug-likeness (QED) is 0.430. The summed E-state index contributed by atoms with van der Waals surface area (Å²) in [7, 11) is 0. The molecule has 0 heterocycles.